The van der Waals surface area contributed by atoms with Crippen molar-refractivity contribution in [3.63, 3.8) is 0 Å². The van der Waals surface area contributed by atoms with Crippen LogP contribution in [0, 0.1) is 0 Å². The molecule has 0 saturated heterocycles. The number of hydrogen-bond acceptors (Lipinski definition) is 4. The lowest BCUT2D eigenvalue weighted by Gasteiger charge is -2.18. The summed E-state index contributed by atoms with van der Waals surface area (Å²) in [5, 5.41) is 15.0. The lowest BCUT2D eigenvalue weighted by molar-refractivity contribution is -0.112. The summed E-state index contributed by atoms with van der Waals surface area (Å²) in [6.45, 7) is 0.676. The van der Waals surface area contributed by atoms with E-state index < -0.39 is 0 Å². The fourth-order valence-corrected chi connectivity index (χ4v) is 3.95. The second-order valence-corrected chi connectivity index (χ2v) is 7.36. The second kappa shape index (κ2) is 7.95. The summed E-state index contributed by atoms with van der Waals surface area (Å²) in [4.78, 5) is 14.4. The molecule has 0 radical (unpaired) electrons. The van der Waals surface area contributed by atoms with Crippen molar-refractivity contribution in [2.45, 2.75) is 0 Å². The first-order valence-corrected chi connectivity index (χ1v) is 10.1. The van der Waals surface area contributed by atoms with Gasteiger partial charge in [0.2, 0.25) is 0 Å². The molecule has 5 rings (SSSR count). The van der Waals surface area contributed by atoms with Crippen molar-refractivity contribution in [1.82, 2.24) is 0 Å². The number of oxime groups is 1. The summed E-state index contributed by atoms with van der Waals surface area (Å²) in [5.41, 5.74) is 3.45. The van der Waals surface area contributed by atoms with Crippen LogP contribution in [0.15, 0.2) is 96.2 Å². The average molecular weight is 408 g/mol. The minimum atomic E-state index is -0.329. The molecule has 5 nitrogen and oxygen atoms in total. The van der Waals surface area contributed by atoms with E-state index in [9.17, 15) is 10.0 Å². The van der Waals surface area contributed by atoms with Crippen LogP contribution in [0.5, 0.6) is 5.75 Å². The highest BCUT2D eigenvalue weighted by molar-refractivity contribution is 6.54. The van der Waals surface area contributed by atoms with Crippen LogP contribution in [0.1, 0.15) is 5.56 Å². The van der Waals surface area contributed by atoms with Gasteiger partial charge in [-0.1, -0.05) is 65.8 Å². The minimum absolute atomic E-state index is 0.0553. The van der Waals surface area contributed by atoms with E-state index in [-0.39, 0.29) is 11.6 Å². The second-order valence-electron chi connectivity index (χ2n) is 7.36. The van der Waals surface area contributed by atoms with Crippen molar-refractivity contribution in [2.24, 2.45) is 5.16 Å². The number of carbonyl (C=O) groups is 1. The van der Waals surface area contributed by atoms with E-state index in [1.165, 1.54) is 5.39 Å². The van der Waals surface area contributed by atoms with Gasteiger partial charge < -0.3 is 14.8 Å². The van der Waals surface area contributed by atoms with Gasteiger partial charge in [0.15, 0.2) is 5.71 Å². The van der Waals surface area contributed by atoms with Crippen LogP contribution >= 0.6 is 0 Å². The van der Waals surface area contributed by atoms with Crippen LogP contribution in [-0.2, 0) is 4.79 Å². The topological polar surface area (TPSA) is 62.1 Å². The number of carbonyl (C=O) groups excluding carboxylic acids is 1. The molecule has 4 aromatic rings. The van der Waals surface area contributed by atoms with Gasteiger partial charge in [0, 0.05) is 5.56 Å². The number of para-hydroxylation sites is 1. The Morgan fingerprint density at radius 3 is 2.32 bits per heavy atom. The first kappa shape index (κ1) is 18.9. The van der Waals surface area contributed by atoms with Gasteiger partial charge in [0.05, 0.1) is 12.2 Å². The van der Waals surface area contributed by atoms with E-state index in [2.05, 4.69) is 35.5 Å². The molecule has 31 heavy (non-hydrogen) atoms. The summed E-state index contributed by atoms with van der Waals surface area (Å²) in [7, 11) is 0. The highest BCUT2D eigenvalue weighted by Gasteiger charge is 2.34. The van der Waals surface area contributed by atoms with Gasteiger partial charge >= 0.3 is 0 Å². The zero-order valence-corrected chi connectivity index (χ0v) is 16.7. The largest absolute Gasteiger partial charge is 0.492 e. The van der Waals surface area contributed by atoms with Crippen LogP contribution < -0.4 is 9.64 Å². The van der Waals surface area contributed by atoms with E-state index in [0.717, 1.165) is 28.0 Å². The molecule has 0 spiro atoms. The summed E-state index contributed by atoms with van der Waals surface area (Å²) >= 11 is 0. The van der Waals surface area contributed by atoms with E-state index in [1.54, 1.807) is 4.90 Å². The highest BCUT2D eigenvalue weighted by Crippen LogP contribution is 2.34. The predicted octanol–water partition coefficient (Wildman–Crippen LogP) is 5.11. The maximum absolute atomic E-state index is 12.8. The Morgan fingerprint density at radius 2 is 1.52 bits per heavy atom. The molecule has 0 aliphatic carbocycles. The number of ether oxygens (including phenoxy) is 1. The lowest BCUT2D eigenvalue weighted by atomic mass is 9.99. The maximum Gasteiger partial charge on any atom is 0.281 e. The van der Waals surface area contributed by atoms with Gasteiger partial charge in [-0.2, -0.15) is 0 Å². The molecule has 0 fully saturated rings. The van der Waals surface area contributed by atoms with Crippen molar-refractivity contribution < 1.29 is 14.7 Å². The standard InChI is InChI=1S/C26H20N2O3/c29-26-25(27-30)23-13-12-21(20-11-10-18-6-4-5-7-19(18)16-20)17-24(23)28(26)14-15-31-22-8-2-1-3-9-22/h1-13,16-17,30H,14-15H2/b27-25+. The fraction of sp³-hybridized carbons (Fsp3) is 0.0769. The maximum atomic E-state index is 12.8. The van der Waals surface area contributed by atoms with Gasteiger partial charge in [0.1, 0.15) is 12.4 Å². The van der Waals surface area contributed by atoms with Crippen LogP contribution in [0.25, 0.3) is 21.9 Å². The summed E-state index contributed by atoms with van der Waals surface area (Å²) in [5.74, 6) is 0.417. The third-order valence-corrected chi connectivity index (χ3v) is 5.50. The Bertz CT molecular complexity index is 1300. The van der Waals surface area contributed by atoms with Crippen molar-refractivity contribution in [3.8, 4) is 16.9 Å². The summed E-state index contributed by atoms with van der Waals surface area (Å²) in [6, 6.07) is 29.7. The molecular formula is C26H20N2O3. The number of hydrogen-bond donors (Lipinski definition) is 1. The molecule has 1 N–H and O–H groups in total. The molecule has 152 valence electrons. The van der Waals surface area contributed by atoms with Crippen LogP contribution in [0.4, 0.5) is 5.69 Å². The van der Waals surface area contributed by atoms with Crippen molar-refractivity contribution >= 4 is 28.1 Å². The molecule has 0 atom stereocenters. The van der Waals surface area contributed by atoms with E-state index >= 15 is 0 Å². The average Bonchev–Trinajstić information content (AvgIpc) is 3.09. The summed E-state index contributed by atoms with van der Waals surface area (Å²) < 4.78 is 5.77. The third kappa shape index (κ3) is 3.51. The Hall–Kier alpha value is -4.12. The van der Waals surface area contributed by atoms with Crippen molar-refractivity contribution in [2.75, 3.05) is 18.1 Å². The smallest absolute Gasteiger partial charge is 0.281 e. The van der Waals surface area contributed by atoms with Gasteiger partial charge in [-0.3, -0.25) is 4.79 Å². The number of fused-ring (bicyclic) bond motifs is 2. The molecular weight excluding hydrogens is 388 g/mol. The lowest BCUT2D eigenvalue weighted by Crippen LogP contribution is -2.33. The van der Waals surface area contributed by atoms with Gasteiger partial charge in [-0.15, -0.1) is 0 Å². The Balaban J connectivity index is 1.46. The molecule has 1 aliphatic rings. The zero-order valence-electron chi connectivity index (χ0n) is 16.7. The zero-order chi connectivity index (χ0) is 21.2. The molecule has 4 aromatic carbocycles. The number of nitrogens with zero attached hydrogens (tertiary/aromatic N) is 2. The molecule has 0 bridgehead atoms. The first-order chi connectivity index (χ1) is 15.2. The monoisotopic (exact) mass is 408 g/mol. The van der Waals surface area contributed by atoms with Gasteiger partial charge in [-0.05, 0) is 52.2 Å². The molecule has 5 heteroatoms. The Labute approximate surface area is 179 Å². The predicted molar refractivity (Wildman–Crippen MR) is 122 cm³/mol. The number of benzene rings is 4. The third-order valence-electron chi connectivity index (χ3n) is 5.50. The number of anilines is 1. The number of rotatable bonds is 5. The Kier molecular flexibility index (Phi) is 4.84. The first-order valence-electron chi connectivity index (χ1n) is 10.1. The molecule has 1 amide bonds. The highest BCUT2D eigenvalue weighted by atomic mass is 16.5. The molecule has 1 aliphatic heterocycles. The number of amides is 1. The Morgan fingerprint density at radius 1 is 0.806 bits per heavy atom. The quantitative estimate of drug-likeness (QED) is 0.369. The minimum Gasteiger partial charge on any atom is -0.492 e. The van der Waals surface area contributed by atoms with Crippen LogP contribution in [-0.4, -0.2) is 30.0 Å². The normalized spacial score (nSPS) is 14.3. The molecule has 1 heterocycles. The van der Waals surface area contributed by atoms with Crippen molar-refractivity contribution in [1.29, 1.82) is 0 Å². The van der Waals surface area contributed by atoms with Crippen molar-refractivity contribution in [3.05, 3.63) is 96.6 Å². The fourth-order valence-electron chi connectivity index (χ4n) is 3.95. The van der Waals surface area contributed by atoms with E-state index in [4.69, 9.17) is 4.74 Å². The van der Waals surface area contributed by atoms with Gasteiger partial charge in [0.25, 0.3) is 5.91 Å². The molecule has 0 aromatic heterocycles. The molecule has 0 saturated carbocycles. The van der Waals surface area contributed by atoms with Crippen LogP contribution in [0.3, 0.4) is 0 Å². The van der Waals surface area contributed by atoms with Gasteiger partial charge in [-0.25, -0.2) is 0 Å². The van der Waals surface area contributed by atoms with Crippen LogP contribution in [0.2, 0.25) is 0 Å². The SMILES string of the molecule is O=C1/C(=N/O)c2ccc(-c3ccc4ccccc4c3)cc2N1CCOc1ccccc1. The molecule has 0 unspecified atom stereocenters. The van der Waals surface area contributed by atoms with E-state index in [1.807, 2.05) is 60.7 Å². The van der Waals surface area contributed by atoms with E-state index in [0.29, 0.717) is 18.7 Å². The summed E-state index contributed by atoms with van der Waals surface area (Å²) in [6.07, 6.45) is 0.